The van der Waals surface area contributed by atoms with Crippen molar-refractivity contribution in [2.75, 3.05) is 44.2 Å². The van der Waals surface area contributed by atoms with Gasteiger partial charge in [0.15, 0.2) is 0 Å². The van der Waals surface area contributed by atoms with Crippen LogP contribution in [0.3, 0.4) is 0 Å². The smallest absolute Gasteiger partial charge is 0.328 e. The van der Waals surface area contributed by atoms with Crippen LogP contribution in [0.5, 0.6) is 0 Å². The van der Waals surface area contributed by atoms with Gasteiger partial charge < -0.3 is 14.8 Å². The fraction of sp³-hybridized carbons (Fsp3) is 0.679. The Morgan fingerprint density at radius 3 is 2.55 bits per heavy atom. The number of fused-ring (bicyclic) bond motifs is 1. The first kappa shape index (κ1) is 25.7. The first-order valence-electron chi connectivity index (χ1n) is 14.1. The van der Waals surface area contributed by atoms with Crippen molar-refractivity contribution in [2.45, 2.75) is 70.3 Å². The summed E-state index contributed by atoms with van der Waals surface area (Å²) < 4.78 is 30.9. The zero-order valence-corrected chi connectivity index (χ0v) is 22.1. The molecular formula is C28H38F2N6O2. The summed E-state index contributed by atoms with van der Waals surface area (Å²) in [5.74, 6) is -3.37. The van der Waals surface area contributed by atoms with Gasteiger partial charge >= 0.3 is 6.03 Å². The van der Waals surface area contributed by atoms with Gasteiger partial charge in [-0.1, -0.05) is 0 Å². The first-order chi connectivity index (χ1) is 18.2. The standard InChI is InChI=1S/C28H38F2N6O2/c1-19-16-36(25-23(19)14-22(15-32-25)35-11-5-24(37)33-26(35)38)21-2-6-27(7-3-21)8-12-34(13-9-27)17-20-4-10-31-18-28(20,29)30/h14-16,20-21,31H,2-13,17-18H2,1H3,(H,33,37,38)/t20-/m0/s1. The molecule has 1 atom stereocenters. The minimum atomic E-state index is -2.60. The van der Waals surface area contributed by atoms with Crippen LogP contribution in [-0.4, -0.2) is 71.6 Å². The molecule has 2 aromatic heterocycles. The van der Waals surface area contributed by atoms with Gasteiger partial charge in [0.25, 0.3) is 5.92 Å². The van der Waals surface area contributed by atoms with Crippen molar-refractivity contribution in [1.82, 2.24) is 25.1 Å². The topological polar surface area (TPSA) is 82.5 Å². The third kappa shape index (κ3) is 4.81. The molecule has 10 heteroatoms. The monoisotopic (exact) mass is 528 g/mol. The van der Waals surface area contributed by atoms with E-state index in [9.17, 15) is 18.4 Å². The van der Waals surface area contributed by atoms with Crippen molar-refractivity contribution in [2.24, 2.45) is 11.3 Å². The third-order valence-corrected chi connectivity index (χ3v) is 9.65. The number of imide groups is 1. The van der Waals surface area contributed by atoms with E-state index >= 15 is 0 Å². The highest BCUT2D eigenvalue weighted by molar-refractivity contribution is 6.06. The number of aromatic nitrogens is 2. The maximum absolute atomic E-state index is 14.3. The number of likely N-dealkylation sites (tertiary alicyclic amines) is 1. The molecule has 5 heterocycles. The highest BCUT2D eigenvalue weighted by Crippen LogP contribution is 2.48. The number of rotatable bonds is 4. The lowest BCUT2D eigenvalue weighted by molar-refractivity contribution is -0.120. The number of piperidine rings is 2. The average Bonchev–Trinajstić information content (AvgIpc) is 3.23. The molecule has 1 spiro atoms. The molecule has 3 saturated heterocycles. The van der Waals surface area contributed by atoms with E-state index in [1.807, 2.05) is 6.07 Å². The molecule has 4 fully saturated rings. The van der Waals surface area contributed by atoms with Gasteiger partial charge in [0, 0.05) is 43.1 Å². The van der Waals surface area contributed by atoms with E-state index in [0.29, 0.717) is 43.2 Å². The molecule has 0 bridgehead atoms. The number of hydrogen-bond donors (Lipinski definition) is 2. The molecule has 38 heavy (non-hydrogen) atoms. The molecule has 1 saturated carbocycles. The summed E-state index contributed by atoms with van der Waals surface area (Å²) in [6, 6.07) is 2.00. The second-order valence-corrected chi connectivity index (χ2v) is 12.0. The van der Waals surface area contributed by atoms with Crippen LogP contribution in [0.25, 0.3) is 11.0 Å². The quantitative estimate of drug-likeness (QED) is 0.621. The molecule has 0 radical (unpaired) electrons. The Balaban J connectivity index is 1.08. The highest BCUT2D eigenvalue weighted by Gasteiger charge is 2.44. The molecular weight excluding hydrogens is 490 g/mol. The van der Waals surface area contributed by atoms with Crippen LogP contribution in [0.1, 0.15) is 63.0 Å². The number of amides is 3. The van der Waals surface area contributed by atoms with E-state index in [2.05, 4.69) is 33.2 Å². The number of halogens is 2. The minimum absolute atomic E-state index is 0.185. The molecule has 3 aliphatic heterocycles. The van der Waals surface area contributed by atoms with Crippen molar-refractivity contribution in [1.29, 1.82) is 0 Å². The Kier molecular flexibility index (Phi) is 6.66. The molecule has 2 aromatic rings. The summed E-state index contributed by atoms with van der Waals surface area (Å²) in [6.45, 7) is 5.32. The normalized spacial score (nSPS) is 26.7. The Morgan fingerprint density at radius 1 is 1.08 bits per heavy atom. The Hall–Kier alpha value is -2.59. The lowest BCUT2D eigenvalue weighted by atomic mass is 9.67. The predicted octanol–water partition coefficient (Wildman–Crippen LogP) is 4.23. The fourth-order valence-corrected chi connectivity index (χ4v) is 7.14. The van der Waals surface area contributed by atoms with Crippen molar-refractivity contribution in [3.63, 3.8) is 0 Å². The van der Waals surface area contributed by atoms with E-state index in [4.69, 9.17) is 4.98 Å². The summed E-state index contributed by atoms with van der Waals surface area (Å²) >= 11 is 0. The van der Waals surface area contributed by atoms with Gasteiger partial charge in [-0.25, -0.2) is 18.6 Å². The summed E-state index contributed by atoms with van der Waals surface area (Å²) in [7, 11) is 0. The second-order valence-electron chi connectivity index (χ2n) is 12.0. The van der Waals surface area contributed by atoms with E-state index < -0.39 is 17.9 Å². The van der Waals surface area contributed by atoms with Gasteiger partial charge in [0.05, 0.1) is 18.4 Å². The lowest BCUT2D eigenvalue weighted by Crippen LogP contribution is -2.52. The highest BCUT2D eigenvalue weighted by atomic mass is 19.3. The van der Waals surface area contributed by atoms with Crippen molar-refractivity contribution >= 4 is 28.7 Å². The van der Waals surface area contributed by atoms with Crippen LogP contribution in [0.15, 0.2) is 18.5 Å². The molecule has 4 aliphatic rings. The van der Waals surface area contributed by atoms with Crippen LogP contribution >= 0.6 is 0 Å². The number of nitrogens with one attached hydrogen (secondary N) is 2. The Morgan fingerprint density at radius 2 is 1.84 bits per heavy atom. The predicted molar refractivity (Wildman–Crippen MR) is 142 cm³/mol. The van der Waals surface area contributed by atoms with Gasteiger partial charge in [-0.05, 0) is 88.5 Å². The maximum Gasteiger partial charge on any atom is 0.328 e. The summed E-state index contributed by atoms with van der Waals surface area (Å²) in [5.41, 5.74) is 3.12. The van der Waals surface area contributed by atoms with E-state index in [0.717, 1.165) is 68.2 Å². The van der Waals surface area contributed by atoms with Crippen LogP contribution in [0.4, 0.5) is 19.3 Å². The zero-order chi connectivity index (χ0) is 26.5. The SMILES string of the molecule is Cc1cn(C2CCC3(CC2)CCN(C[C@@H]2CCNCC2(F)F)CC3)c2ncc(N3CCC(=O)NC3=O)cc12. The van der Waals surface area contributed by atoms with Crippen molar-refractivity contribution in [3.05, 3.63) is 24.0 Å². The van der Waals surface area contributed by atoms with Crippen LogP contribution in [0.2, 0.25) is 0 Å². The molecule has 8 nitrogen and oxygen atoms in total. The van der Waals surface area contributed by atoms with Gasteiger partial charge in [0.1, 0.15) is 5.65 Å². The molecule has 3 amide bonds. The Bertz CT molecular complexity index is 1210. The number of pyridine rings is 1. The van der Waals surface area contributed by atoms with Crippen LogP contribution in [-0.2, 0) is 4.79 Å². The van der Waals surface area contributed by atoms with Crippen molar-refractivity contribution in [3.8, 4) is 0 Å². The number of carbonyl (C=O) groups is 2. The number of alkyl halides is 2. The minimum Gasteiger partial charge on any atom is -0.329 e. The summed E-state index contributed by atoms with van der Waals surface area (Å²) in [5, 5.41) is 6.25. The van der Waals surface area contributed by atoms with Crippen LogP contribution in [0, 0.1) is 18.3 Å². The summed E-state index contributed by atoms with van der Waals surface area (Å²) in [4.78, 5) is 32.4. The summed E-state index contributed by atoms with van der Waals surface area (Å²) in [6.07, 6.45) is 11.5. The molecule has 1 aliphatic carbocycles. The van der Waals surface area contributed by atoms with E-state index in [1.165, 1.54) is 0 Å². The number of hydrogen-bond acceptors (Lipinski definition) is 5. The largest absolute Gasteiger partial charge is 0.329 e. The molecule has 206 valence electrons. The Labute approximate surface area is 222 Å². The van der Waals surface area contributed by atoms with Crippen molar-refractivity contribution < 1.29 is 18.4 Å². The number of anilines is 1. The van der Waals surface area contributed by atoms with E-state index in [1.54, 1.807) is 11.1 Å². The van der Waals surface area contributed by atoms with Crippen LogP contribution < -0.4 is 15.5 Å². The molecule has 0 aromatic carbocycles. The third-order valence-electron chi connectivity index (χ3n) is 9.65. The molecule has 2 N–H and O–H groups in total. The first-order valence-corrected chi connectivity index (χ1v) is 14.1. The van der Waals surface area contributed by atoms with Gasteiger partial charge in [-0.15, -0.1) is 0 Å². The lowest BCUT2D eigenvalue weighted by Gasteiger charge is -2.47. The number of urea groups is 1. The van der Waals surface area contributed by atoms with Gasteiger partial charge in [-0.3, -0.25) is 15.0 Å². The van der Waals surface area contributed by atoms with Gasteiger partial charge in [0.2, 0.25) is 5.91 Å². The number of nitrogens with zero attached hydrogens (tertiary/aromatic N) is 4. The zero-order valence-electron chi connectivity index (χ0n) is 22.1. The number of carbonyl (C=O) groups excluding carboxylic acids is 2. The van der Waals surface area contributed by atoms with Gasteiger partial charge in [-0.2, -0.15) is 0 Å². The second kappa shape index (κ2) is 9.86. The maximum atomic E-state index is 14.3. The van der Waals surface area contributed by atoms with E-state index in [-0.39, 0.29) is 18.9 Å². The number of aryl methyl sites for hydroxylation is 1. The average molecular weight is 529 g/mol. The molecule has 6 rings (SSSR count). The fourth-order valence-electron chi connectivity index (χ4n) is 7.14. The molecule has 0 unspecified atom stereocenters.